The molecule has 0 unspecified atom stereocenters. The van der Waals surface area contributed by atoms with Gasteiger partial charge in [0.1, 0.15) is 5.82 Å². The first-order chi connectivity index (χ1) is 11.9. The summed E-state index contributed by atoms with van der Waals surface area (Å²) >= 11 is 0. The van der Waals surface area contributed by atoms with Crippen molar-refractivity contribution >= 4 is 10.0 Å². The van der Waals surface area contributed by atoms with E-state index in [1.807, 2.05) is 61.0 Å². The molecule has 0 aliphatic heterocycles. The molecule has 0 saturated carbocycles. The Hall–Kier alpha value is -2.44. The number of nitrogens with zero attached hydrogens (tertiary/aromatic N) is 2. The lowest BCUT2D eigenvalue weighted by atomic mass is 10.2. The van der Waals surface area contributed by atoms with E-state index >= 15 is 0 Å². The molecule has 0 amide bonds. The second-order valence-corrected chi connectivity index (χ2v) is 7.84. The second kappa shape index (κ2) is 6.82. The first-order valence-electron chi connectivity index (χ1n) is 8.03. The highest BCUT2D eigenvalue weighted by Gasteiger charge is 2.16. The van der Waals surface area contributed by atoms with E-state index in [9.17, 15) is 8.42 Å². The van der Waals surface area contributed by atoms with E-state index in [1.165, 1.54) is 0 Å². The van der Waals surface area contributed by atoms with Crippen molar-refractivity contribution in [3.8, 4) is 5.69 Å². The van der Waals surface area contributed by atoms with E-state index in [2.05, 4.69) is 9.71 Å². The van der Waals surface area contributed by atoms with E-state index < -0.39 is 10.0 Å². The molecule has 3 aromatic rings. The van der Waals surface area contributed by atoms with Crippen LogP contribution in [0.25, 0.3) is 5.69 Å². The third kappa shape index (κ3) is 3.81. The van der Waals surface area contributed by atoms with Crippen molar-refractivity contribution in [2.75, 3.05) is 0 Å². The van der Waals surface area contributed by atoms with Crippen LogP contribution < -0.4 is 4.72 Å². The Balaban J connectivity index is 1.75. The zero-order valence-electron chi connectivity index (χ0n) is 14.5. The average Bonchev–Trinajstić information content (AvgIpc) is 3.02. The Labute approximate surface area is 148 Å². The SMILES string of the molecule is Cc1ccc(C)c(S(=O)(=O)NCc2ccc(-n3ccnc3C)cc2)c1. The summed E-state index contributed by atoms with van der Waals surface area (Å²) in [5, 5.41) is 0. The Bertz CT molecular complexity index is 990. The molecule has 0 spiro atoms. The molecule has 0 aliphatic rings. The van der Waals surface area contributed by atoms with Crippen LogP contribution in [0.3, 0.4) is 0 Å². The lowest BCUT2D eigenvalue weighted by Gasteiger charge is -2.11. The molecule has 1 heterocycles. The van der Waals surface area contributed by atoms with E-state index in [0.717, 1.165) is 28.2 Å². The van der Waals surface area contributed by atoms with Gasteiger partial charge in [-0.25, -0.2) is 18.1 Å². The van der Waals surface area contributed by atoms with Crippen LogP contribution in [-0.2, 0) is 16.6 Å². The minimum atomic E-state index is -3.54. The van der Waals surface area contributed by atoms with E-state index in [0.29, 0.717) is 4.90 Å². The number of sulfonamides is 1. The van der Waals surface area contributed by atoms with Crippen LogP contribution in [-0.4, -0.2) is 18.0 Å². The zero-order valence-corrected chi connectivity index (χ0v) is 15.3. The molecule has 1 N–H and O–H groups in total. The van der Waals surface area contributed by atoms with Crippen molar-refractivity contribution in [2.45, 2.75) is 32.2 Å². The lowest BCUT2D eigenvalue weighted by Crippen LogP contribution is -2.24. The highest BCUT2D eigenvalue weighted by atomic mass is 32.2. The topological polar surface area (TPSA) is 64.0 Å². The molecule has 0 radical (unpaired) electrons. The van der Waals surface area contributed by atoms with Gasteiger partial charge in [0.2, 0.25) is 10.0 Å². The summed E-state index contributed by atoms with van der Waals surface area (Å²) in [7, 11) is -3.54. The maximum absolute atomic E-state index is 12.6. The highest BCUT2D eigenvalue weighted by molar-refractivity contribution is 7.89. The lowest BCUT2D eigenvalue weighted by molar-refractivity contribution is 0.580. The fourth-order valence-corrected chi connectivity index (χ4v) is 4.02. The van der Waals surface area contributed by atoms with Gasteiger partial charge in [-0.05, 0) is 55.7 Å². The second-order valence-electron chi connectivity index (χ2n) is 6.10. The van der Waals surface area contributed by atoms with Crippen molar-refractivity contribution < 1.29 is 8.42 Å². The van der Waals surface area contributed by atoms with Gasteiger partial charge in [0, 0.05) is 24.6 Å². The fourth-order valence-electron chi connectivity index (χ4n) is 2.68. The molecule has 5 nitrogen and oxygen atoms in total. The van der Waals surface area contributed by atoms with Crippen LogP contribution in [0.2, 0.25) is 0 Å². The molecular formula is C19H21N3O2S. The van der Waals surface area contributed by atoms with E-state index in [4.69, 9.17) is 0 Å². The molecule has 2 aromatic carbocycles. The summed E-state index contributed by atoms with van der Waals surface area (Å²) < 4.78 is 29.8. The molecule has 0 saturated heterocycles. The normalized spacial score (nSPS) is 11.6. The van der Waals surface area contributed by atoms with Crippen LogP contribution in [0.4, 0.5) is 0 Å². The van der Waals surface area contributed by atoms with Gasteiger partial charge in [-0.2, -0.15) is 0 Å². The molecule has 0 fully saturated rings. The van der Waals surface area contributed by atoms with Gasteiger partial charge in [-0.1, -0.05) is 24.3 Å². The summed E-state index contributed by atoms with van der Waals surface area (Å²) in [4.78, 5) is 4.54. The molecule has 0 aliphatic carbocycles. The van der Waals surface area contributed by atoms with Gasteiger partial charge in [0.25, 0.3) is 0 Å². The van der Waals surface area contributed by atoms with Crippen molar-refractivity contribution in [3.63, 3.8) is 0 Å². The minimum absolute atomic E-state index is 0.249. The molecule has 130 valence electrons. The summed E-state index contributed by atoms with van der Waals surface area (Å²) in [5.74, 6) is 0.906. The minimum Gasteiger partial charge on any atom is -0.304 e. The average molecular weight is 355 g/mol. The Morgan fingerprint density at radius 3 is 2.40 bits per heavy atom. The van der Waals surface area contributed by atoms with Crippen LogP contribution in [0.5, 0.6) is 0 Å². The standard InChI is InChI=1S/C19H21N3O2S/c1-14-4-5-15(2)19(12-14)25(23,24)21-13-17-6-8-18(9-7-17)22-11-10-20-16(22)3/h4-12,21H,13H2,1-3H3. The number of aromatic nitrogens is 2. The van der Waals surface area contributed by atoms with Crippen LogP contribution in [0, 0.1) is 20.8 Å². The Morgan fingerprint density at radius 2 is 1.76 bits per heavy atom. The number of benzene rings is 2. The number of hydrogen-bond donors (Lipinski definition) is 1. The van der Waals surface area contributed by atoms with Crippen LogP contribution in [0.1, 0.15) is 22.5 Å². The first kappa shape index (κ1) is 17.4. The molecular weight excluding hydrogens is 334 g/mol. The van der Waals surface area contributed by atoms with Crippen LogP contribution in [0.15, 0.2) is 59.8 Å². The highest BCUT2D eigenvalue weighted by Crippen LogP contribution is 2.17. The van der Waals surface area contributed by atoms with Gasteiger partial charge < -0.3 is 4.57 Å². The molecule has 0 bridgehead atoms. The number of hydrogen-bond acceptors (Lipinski definition) is 3. The Kier molecular flexibility index (Phi) is 4.74. The first-order valence-corrected chi connectivity index (χ1v) is 9.51. The quantitative estimate of drug-likeness (QED) is 0.764. The smallest absolute Gasteiger partial charge is 0.241 e. The van der Waals surface area contributed by atoms with Gasteiger partial charge in [0.15, 0.2) is 0 Å². The largest absolute Gasteiger partial charge is 0.304 e. The molecule has 25 heavy (non-hydrogen) atoms. The van der Waals surface area contributed by atoms with Gasteiger partial charge in [-0.3, -0.25) is 0 Å². The van der Waals surface area contributed by atoms with Crippen molar-refractivity contribution in [1.82, 2.24) is 14.3 Å². The van der Waals surface area contributed by atoms with Gasteiger partial charge in [-0.15, -0.1) is 0 Å². The number of rotatable bonds is 5. The third-order valence-electron chi connectivity index (χ3n) is 4.14. The van der Waals surface area contributed by atoms with Gasteiger partial charge in [0.05, 0.1) is 4.90 Å². The third-order valence-corrected chi connectivity index (χ3v) is 5.68. The maximum Gasteiger partial charge on any atom is 0.241 e. The summed E-state index contributed by atoms with van der Waals surface area (Å²) in [6, 6.07) is 13.2. The summed E-state index contributed by atoms with van der Waals surface area (Å²) in [6.45, 7) is 5.87. The maximum atomic E-state index is 12.6. The summed E-state index contributed by atoms with van der Waals surface area (Å²) in [5.41, 5.74) is 3.56. The molecule has 0 atom stereocenters. The van der Waals surface area contributed by atoms with Crippen LogP contribution >= 0.6 is 0 Å². The molecule has 3 rings (SSSR count). The fraction of sp³-hybridized carbons (Fsp3) is 0.211. The van der Waals surface area contributed by atoms with Crippen molar-refractivity contribution in [2.24, 2.45) is 0 Å². The van der Waals surface area contributed by atoms with Gasteiger partial charge >= 0.3 is 0 Å². The molecule has 1 aromatic heterocycles. The zero-order chi connectivity index (χ0) is 18.0. The van der Waals surface area contributed by atoms with E-state index in [1.54, 1.807) is 19.2 Å². The van der Waals surface area contributed by atoms with Crippen molar-refractivity contribution in [1.29, 1.82) is 0 Å². The van der Waals surface area contributed by atoms with E-state index in [-0.39, 0.29) is 6.54 Å². The monoisotopic (exact) mass is 355 g/mol. The summed E-state index contributed by atoms with van der Waals surface area (Å²) in [6.07, 6.45) is 3.65. The number of nitrogens with one attached hydrogen (secondary N) is 1. The predicted molar refractivity (Wildman–Crippen MR) is 98.2 cm³/mol. The van der Waals surface area contributed by atoms with Crippen molar-refractivity contribution in [3.05, 3.63) is 77.4 Å². The predicted octanol–water partition coefficient (Wildman–Crippen LogP) is 3.28. The Morgan fingerprint density at radius 1 is 1.04 bits per heavy atom. The number of aryl methyl sites for hydroxylation is 3. The molecule has 6 heteroatoms. The number of imidazole rings is 1.